The van der Waals surface area contributed by atoms with Crippen LogP contribution in [0.3, 0.4) is 0 Å². The van der Waals surface area contributed by atoms with Crippen LogP contribution in [0.2, 0.25) is 0 Å². The summed E-state index contributed by atoms with van der Waals surface area (Å²) in [6, 6.07) is -0.236. The Labute approximate surface area is 69.2 Å². The second-order valence-corrected chi connectivity index (χ2v) is 3.13. The van der Waals surface area contributed by atoms with Gasteiger partial charge in [0.25, 0.3) is 0 Å². The molecule has 0 aromatic rings. The van der Waals surface area contributed by atoms with Gasteiger partial charge < -0.3 is 5.73 Å². The number of carbonyl (C=O) groups is 1. The molecule has 0 aliphatic rings. The summed E-state index contributed by atoms with van der Waals surface area (Å²) < 4.78 is 0. The second kappa shape index (κ2) is 5.30. The number of Topliss-reactive ketones (excluding diaryl/α,β-unsaturated/α-hetero) is 1. The smallest absolute Gasteiger partial charge is 0.149 e. The molecule has 66 valence electrons. The van der Waals surface area contributed by atoms with Crippen molar-refractivity contribution < 1.29 is 4.79 Å². The van der Waals surface area contributed by atoms with Crippen LogP contribution in [0.5, 0.6) is 0 Å². The Hall–Kier alpha value is -0.370. The molecule has 11 heavy (non-hydrogen) atoms. The fraction of sp³-hybridized carbons (Fsp3) is 0.889. The van der Waals surface area contributed by atoms with Gasteiger partial charge in [-0.15, -0.1) is 0 Å². The van der Waals surface area contributed by atoms with Gasteiger partial charge in [0.15, 0.2) is 0 Å². The number of hydrogen-bond acceptors (Lipinski definition) is 2. The van der Waals surface area contributed by atoms with Gasteiger partial charge in [-0.1, -0.05) is 27.2 Å². The van der Waals surface area contributed by atoms with Crippen LogP contribution in [0.15, 0.2) is 0 Å². The van der Waals surface area contributed by atoms with E-state index in [4.69, 9.17) is 5.73 Å². The summed E-state index contributed by atoms with van der Waals surface area (Å²) in [5.74, 6) is 0.538. The predicted molar refractivity (Wildman–Crippen MR) is 47.3 cm³/mol. The highest BCUT2D eigenvalue weighted by Crippen LogP contribution is 2.08. The van der Waals surface area contributed by atoms with E-state index in [-0.39, 0.29) is 11.8 Å². The van der Waals surface area contributed by atoms with Crippen LogP contribution in [0.4, 0.5) is 0 Å². The van der Waals surface area contributed by atoms with Gasteiger partial charge in [0.1, 0.15) is 5.78 Å². The van der Waals surface area contributed by atoms with Crippen LogP contribution < -0.4 is 5.73 Å². The van der Waals surface area contributed by atoms with Crippen molar-refractivity contribution in [1.29, 1.82) is 0 Å². The molecule has 2 heteroatoms. The Morgan fingerprint density at radius 3 is 2.36 bits per heavy atom. The van der Waals surface area contributed by atoms with E-state index >= 15 is 0 Å². The van der Waals surface area contributed by atoms with Crippen molar-refractivity contribution >= 4 is 5.78 Å². The van der Waals surface area contributed by atoms with Crippen molar-refractivity contribution in [2.24, 2.45) is 11.7 Å². The molecule has 0 fully saturated rings. The standard InChI is InChI=1S/C9H19NO/c1-4-6-8(11)9(10)7(3)5-2/h7,9H,4-6,10H2,1-3H3. The number of hydrogen-bond donors (Lipinski definition) is 1. The zero-order valence-corrected chi connectivity index (χ0v) is 7.76. The van der Waals surface area contributed by atoms with Gasteiger partial charge >= 0.3 is 0 Å². The molecule has 0 aliphatic heterocycles. The van der Waals surface area contributed by atoms with Crippen molar-refractivity contribution in [2.75, 3.05) is 0 Å². The number of rotatable bonds is 5. The molecule has 2 N–H and O–H groups in total. The molecule has 0 spiro atoms. The summed E-state index contributed by atoms with van der Waals surface area (Å²) in [6.45, 7) is 6.09. The molecule has 2 atom stereocenters. The van der Waals surface area contributed by atoms with Crippen LogP contribution in [0, 0.1) is 5.92 Å². The third-order valence-corrected chi connectivity index (χ3v) is 2.13. The maximum atomic E-state index is 11.2. The molecule has 0 saturated heterocycles. The molecular weight excluding hydrogens is 138 g/mol. The van der Waals surface area contributed by atoms with Crippen LogP contribution >= 0.6 is 0 Å². The maximum absolute atomic E-state index is 11.2. The summed E-state index contributed by atoms with van der Waals surface area (Å²) in [6.07, 6.45) is 2.52. The summed E-state index contributed by atoms with van der Waals surface area (Å²) in [4.78, 5) is 11.2. The van der Waals surface area contributed by atoms with Crippen molar-refractivity contribution in [1.82, 2.24) is 0 Å². The largest absolute Gasteiger partial charge is 0.321 e. The lowest BCUT2D eigenvalue weighted by Crippen LogP contribution is -2.36. The molecule has 0 amide bonds. The first-order valence-electron chi connectivity index (χ1n) is 4.41. The lowest BCUT2D eigenvalue weighted by atomic mass is 9.94. The van der Waals surface area contributed by atoms with Gasteiger partial charge in [-0.05, 0) is 12.3 Å². The van der Waals surface area contributed by atoms with Crippen LogP contribution in [-0.4, -0.2) is 11.8 Å². The Morgan fingerprint density at radius 1 is 1.45 bits per heavy atom. The molecule has 2 unspecified atom stereocenters. The molecule has 0 aromatic carbocycles. The normalized spacial score (nSPS) is 16.0. The molecule has 0 bridgehead atoms. The predicted octanol–water partition coefficient (Wildman–Crippen LogP) is 1.73. The summed E-state index contributed by atoms with van der Waals surface area (Å²) in [7, 11) is 0. The summed E-state index contributed by atoms with van der Waals surface area (Å²) in [5.41, 5.74) is 5.71. The fourth-order valence-corrected chi connectivity index (χ4v) is 0.984. The first kappa shape index (κ1) is 10.6. The lowest BCUT2D eigenvalue weighted by molar-refractivity contribution is -0.121. The van der Waals surface area contributed by atoms with E-state index in [9.17, 15) is 4.79 Å². The van der Waals surface area contributed by atoms with Gasteiger partial charge in [0.2, 0.25) is 0 Å². The van der Waals surface area contributed by atoms with Crippen molar-refractivity contribution in [3.05, 3.63) is 0 Å². The molecule has 0 aliphatic carbocycles. The minimum Gasteiger partial charge on any atom is -0.321 e. The molecule has 0 radical (unpaired) electrons. The average molecular weight is 157 g/mol. The lowest BCUT2D eigenvalue weighted by Gasteiger charge is -2.16. The van der Waals surface area contributed by atoms with Gasteiger partial charge in [0, 0.05) is 6.42 Å². The molecule has 2 nitrogen and oxygen atoms in total. The highest BCUT2D eigenvalue weighted by molar-refractivity contribution is 5.83. The second-order valence-electron chi connectivity index (χ2n) is 3.13. The first-order chi connectivity index (χ1) is 5.13. The highest BCUT2D eigenvalue weighted by atomic mass is 16.1. The molecule has 0 rings (SSSR count). The molecular formula is C9H19NO. The van der Waals surface area contributed by atoms with Gasteiger partial charge in [0.05, 0.1) is 6.04 Å². The van der Waals surface area contributed by atoms with E-state index in [1.54, 1.807) is 0 Å². The zero-order valence-electron chi connectivity index (χ0n) is 7.76. The van der Waals surface area contributed by atoms with E-state index in [1.165, 1.54) is 0 Å². The maximum Gasteiger partial charge on any atom is 0.149 e. The Balaban J connectivity index is 3.80. The minimum atomic E-state index is -0.236. The third kappa shape index (κ3) is 3.51. The zero-order chi connectivity index (χ0) is 8.85. The van der Waals surface area contributed by atoms with Gasteiger partial charge in [-0.2, -0.15) is 0 Å². The van der Waals surface area contributed by atoms with Crippen LogP contribution in [0.25, 0.3) is 0 Å². The molecule has 0 aromatic heterocycles. The van der Waals surface area contributed by atoms with E-state index in [2.05, 4.69) is 6.92 Å². The summed E-state index contributed by atoms with van der Waals surface area (Å²) in [5, 5.41) is 0. The first-order valence-corrected chi connectivity index (χ1v) is 4.41. The summed E-state index contributed by atoms with van der Waals surface area (Å²) >= 11 is 0. The Kier molecular flexibility index (Phi) is 5.12. The SMILES string of the molecule is CCCC(=O)C(N)C(C)CC. The fourth-order valence-electron chi connectivity index (χ4n) is 0.984. The van der Waals surface area contributed by atoms with Crippen LogP contribution in [0.1, 0.15) is 40.0 Å². The van der Waals surface area contributed by atoms with Gasteiger partial charge in [-0.25, -0.2) is 0 Å². The van der Waals surface area contributed by atoms with E-state index < -0.39 is 0 Å². The van der Waals surface area contributed by atoms with Crippen LogP contribution in [-0.2, 0) is 4.79 Å². The van der Waals surface area contributed by atoms with Crippen molar-refractivity contribution in [3.63, 3.8) is 0 Å². The number of carbonyl (C=O) groups excluding carboxylic acids is 1. The average Bonchev–Trinajstić information content (AvgIpc) is 2.02. The number of nitrogens with two attached hydrogens (primary N) is 1. The minimum absolute atomic E-state index is 0.210. The van der Waals surface area contributed by atoms with Gasteiger partial charge in [-0.3, -0.25) is 4.79 Å². The molecule has 0 saturated carbocycles. The number of ketones is 1. The highest BCUT2D eigenvalue weighted by Gasteiger charge is 2.17. The van der Waals surface area contributed by atoms with E-state index in [0.717, 1.165) is 12.8 Å². The third-order valence-electron chi connectivity index (χ3n) is 2.13. The van der Waals surface area contributed by atoms with Crippen molar-refractivity contribution in [2.45, 2.75) is 46.1 Å². The topological polar surface area (TPSA) is 43.1 Å². The quantitative estimate of drug-likeness (QED) is 0.660. The monoisotopic (exact) mass is 157 g/mol. The Bertz CT molecular complexity index is 123. The van der Waals surface area contributed by atoms with Crippen molar-refractivity contribution in [3.8, 4) is 0 Å². The Morgan fingerprint density at radius 2 is 2.00 bits per heavy atom. The molecule has 0 heterocycles. The van der Waals surface area contributed by atoms with E-state index in [0.29, 0.717) is 12.3 Å². The van der Waals surface area contributed by atoms with E-state index in [1.807, 2.05) is 13.8 Å².